The fourth-order valence-electron chi connectivity index (χ4n) is 2.55. The molecule has 0 aliphatic heterocycles. The lowest BCUT2D eigenvalue weighted by molar-refractivity contribution is 0.705. The van der Waals surface area contributed by atoms with Crippen molar-refractivity contribution in [3.63, 3.8) is 0 Å². The molecule has 114 valence electrons. The van der Waals surface area contributed by atoms with Crippen molar-refractivity contribution in [3.8, 4) is 0 Å². The molecule has 2 aromatic carbocycles. The summed E-state index contributed by atoms with van der Waals surface area (Å²) in [6, 6.07) is 16.2. The molecule has 1 aliphatic carbocycles. The largest absolute Gasteiger partial charge is 0.370 e. The van der Waals surface area contributed by atoms with Gasteiger partial charge < -0.3 is 11.1 Å². The molecule has 0 unspecified atom stereocenters. The number of halogens is 1. The lowest BCUT2D eigenvalue weighted by atomic mass is 9.96. The molecule has 3 rings (SSSR count). The van der Waals surface area contributed by atoms with E-state index in [1.165, 1.54) is 11.1 Å². The maximum Gasteiger partial charge on any atom is 0.193 e. The quantitative estimate of drug-likeness (QED) is 0.659. The number of hydrogen-bond acceptors (Lipinski definition) is 1. The van der Waals surface area contributed by atoms with E-state index in [9.17, 15) is 0 Å². The Bertz CT molecular complexity index is 670. The van der Waals surface area contributed by atoms with Crippen LogP contribution in [0.15, 0.2) is 53.5 Å². The standard InChI is InChI=1S/C18H20ClN3/c1-13-2-8-16(9-3-13)22-17(20)21-12-18(10-11-18)14-4-6-15(19)7-5-14/h2-9H,10-12H2,1H3,(H3,20,21,22). The van der Waals surface area contributed by atoms with Gasteiger partial charge in [0.15, 0.2) is 5.96 Å². The number of rotatable bonds is 4. The average molecular weight is 314 g/mol. The van der Waals surface area contributed by atoms with Gasteiger partial charge in [-0.2, -0.15) is 0 Å². The van der Waals surface area contributed by atoms with Gasteiger partial charge >= 0.3 is 0 Å². The first-order valence-corrected chi connectivity index (χ1v) is 7.85. The summed E-state index contributed by atoms with van der Waals surface area (Å²) in [5, 5.41) is 3.90. The molecule has 0 atom stereocenters. The minimum Gasteiger partial charge on any atom is -0.370 e. The summed E-state index contributed by atoms with van der Waals surface area (Å²) in [5.74, 6) is 0.462. The van der Waals surface area contributed by atoms with Crippen LogP contribution in [0.1, 0.15) is 24.0 Å². The molecule has 0 saturated heterocycles. The monoisotopic (exact) mass is 313 g/mol. The van der Waals surface area contributed by atoms with Gasteiger partial charge in [-0.1, -0.05) is 41.4 Å². The summed E-state index contributed by atoms with van der Waals surface area (Å²) in [7, 11) is 0. The Kier molecular flexibility index (Phi) is 4.08. The van der Waals surface area contributed by atoms with Crippen LogP contribution >= 0.6 is 11.6 Å². The molecular formula is C18H20ClN3. The van der Waals surface area contributed by atoms with Crippen LogP contribution in [-0.4, -0.2) is 12.5 Å². The summed E-state index contributed by atoms with van der Waals surface area (Å²) in [6.07, 6.45) is 2.30. The summed E-state index contributed by atoms with van der Waals surface area (Å²) < 4.78 is 0. The van der Waals surface area contributed by atoms with Crippen molar-refractivity contribution in [1.29, 1.82) is 0 Å². The van der Waals surface area contributed by atoms with E-state index >= 15 is 0 Å². The van der Waals surface area contributed by atoms with Crippen molar-refractivity contribution >= 4 is 23.2 Å². The summed E-state index contributed by atoms with van der Waals surface area (Å²) in [5.41, 5.74) is 9.62. The molecule has 0 heterocycles. The van der Waals surface area contributed by atoms with Crippen LogP contribution in [0.5, 0.6) is 0 Å². The zero-order valence-electron chi connectivity index (χ0n) is 12.6. The second kappa shape index (κ2) is 6.01. The van der Waals surface area contributed by atoms with E-state index in [1.54, 1.807) is 0 Å². The zero-order chi connectivity index (χ0) is 15.6. The first-order valence-electron chi connectivity index (χ1n) is 7.47. The zero-order valence-corrected chi connectivity index (χ0v) is 13.4. The van der Waals surface area contributed by atoms with Crippen molar-refractivity contribution < 1.29 is 0 Å². The Hall–Kier alpha value is -2.00. The van der Waals surface area contributed by atoms with Crippen molar-refractivity contribution in [2.75, 3.05) is 11.9 Å². The van der Waals surface area contributed by atoms with E-state index in [1.807, 2.05) is 36.4 Å². The molecule has 4 heteroatoms. The Balaban J connectivity index is 1.65. The number of nitrogens with zero attached hydrogens (tertiary/aromatic N) is 1. The molecule has 0 aromatic heterocycles. The summed E-state index contributed by atoms with van der Waals surface area (Å²) >= 11 is 5.95. The molecule has 0 radical (unpaired) electrons. The van der Waals surface area contributed by atoms with Crippen LogP contribution < -0.4 is 11.1 Å². The minimum atomic E-state index is 0.143. The van der Waals surface area contributed by atoms with Gasteiger partial charge in [-0.25, -0.2) is 0 Å². The molecule has 0 amide bonds. The predicted octanol–water partition coefficient (Wildman–Crippen LogP) is 4.11. The van der Waals surface area contributed by atoms with Gasteiger partial charge in [0.1, 0.15) is 0 Å². The SMILES string of the molecule is Cc1ccc(NC(N)=NCC2(c3ccc(Cl)cc3)CC2)cc1. The van der Waals surface area contributed by atoms with E-state index in [4.69, 9.17) is 17.3 Å². The third kappa shape index (κ3) is 3.42. The van der Waals surface area contributed by atoms with Gasteiger partial charge in [-0.3, -0.25) is 4.99 Å². The number of hydrogen-bond donors (Lipinski definition) is 2. The van der Waals surface area contributed by atoms with E-state index < -0.39 is 0 Å². The minimum absolute atomic E-state index is 0.143. The van der Waals surface area contributed by atoms with Crippen LogP contribution in [0.2, 0.25) is 5.02 Å². The maximum absolute atomic E-state index is 6.00. The topological polar surface area (TPSA) is 50.4 Å². The smallest absolute Gasteiger partial charge is 0.193 e. The molecule has 1 saturated carbocycles. The highest BCUT2D eigenvalue weighted by molar-refractivity contribution is 6.30. The van der Waals surface area contributed by atoms with E-state index in [0.29, 0.717) is 12.5 Å². The lowest BCUT2D eigenvalue weighted by Gasteiger charge is -2.14. The molecule has 2 aromatic rings. The van der Waals surface area contributed by atoms with Crippen molar-refractivity contribution in [2.45, 2.75) is 25.2 Å². The van der Waals surface area contributed by atoms with Crippen molar-refractivity contribution in [1.82, 2.24) is 0 Å². The van der Waals surface area contributed by atoms with Crippen LogP contribution in [-0.2, 0) is 5.41 Å². The number of nitrogens with two attached hydrogens (primary N) is 1. The number of benzene rings is 2. The normalized spacial score (nSPS) is 16.4. The number of aryl methyl sites for hydroxylation is 1. The molecule has 0 bridgehead atoms. The highest BCUT2D eigenvalue weighted by Gasteiger charge is 2.44. The summed E-state index contributed by atoms with van der Waals surface area (Å²) in [4.78, 5) is 4.53. The lowest BCUT2D eigenvalue weighted by Crippen LogP contribution is -2.24. The highest BCUT2D eigenvalue weighted by atomic mass is 35.5. The third-order valence-corrected chi connectivity index (χ3v) is 4.44. The van der Waals surface area contributed by atoms with E-state index in [2.05, 4.69) is 29.4 Å². The first kappa shape index (κ1) is 14.9. The summed E-state index contributed by atoms with van der Waals surface area (Å²) in [6.45, 7) is 2.77. The van der Waals surface area contributed by atoms with E-state index in [-0.39, 0.29) is 5.41 Å². The van der Waals surface area contributed by atoms with Gasteiger partial charge in [-0.15, -0.1) is 0 Å². The average Bonchev–Trinajstić information content (AvgIpc) is 3.30. The molecular weight excluding hydrogens is 294 g/mol. The van der Waals surface area contributed by atoms with Crippen LogP contribution in [0.25, 0.3) is 0 Å². The van der Waals surface area contributed by atoms with Crippen LogP contribution in [0, 0.1) is 6.92 Å². The maximum atomic E-state index is 6.00. The Morgan fingerprint density at radius 2 is 1.77 bits per heavy atom. The van der Waals surface area contributed by atoms with Crippen LogP contribution in [0.4, 0.5) is 5.69 Å². The van der Waals surface area contributed by atoms with E-state index in [0.717, 1.165) is 23.6 Å². The highest BCUT2D eigenvalue weighted by Crippen LogP contribution is 2.48. The fraction of sp³-hybridized carbons (Fsp3) is 0.278. The van der Waals surface area contributed by atoms with Crippen molar-refractivity contribution in [2.24, 2.45) is 10.7 Å². The third-order valence-electron chi connectivity index (χ3n) is 4.19. The number of guanidine groups is 1. The molecule has 0 spiro atoms. The number of nitrogens with one attached hydrogen (secondary N) is 1. The molecule has 22 heavy (non-hydrogen) atoms. The second-order valence-corrected chi connectivity index (χ2v) is 6.42. The fourth-order valence-corrected chi connectivity index (χ4v) is 2.68. The molecule has 1 fully saturated rings. The van der Waals surface area contributed by atoms with Crippen LogP contribution in [0.3, 0.4) is 0 Å². The van der Waals surface area contributed by atoms with Gasteiger partial charge in [0.2, 0.25) is 0 Å². The predicted molar refractivity (Wildman–Crippen MR) is 93.7 cm³/mol. The number of aliphatic imine (C=N–C) groups is 1. The number of anilines is 1. The second-order valence-electron chi connectivity index (χ2n) is 5.98. The van der Waals surface area contributed by atoms with Gasteiger partial charge in [0.25, 0.3) is 0 Å². The Morgan fingerprint density at radius 3 is 2.36 bits per heavy atom. The first-order chi connectivity index (χ1) is 10.6. The Labute approximate surface area is 136 Å². The van der Waals surface area contributed by atoms with Crippen molar-refractivity contribution in [3.05, 3.63) is 64.7 Å². The molecule has 3 nitrogen and oxygen atoms in total. The van der Waals surface area contributed by atoms with Gasteiger partial charge in [-0.05, 0) is 49.6 Å². The van der Waals surface area contributed by atoms with Gasteiger partial charge in [0, 0.05) is 16.1 Å². The molecule has 1 aliphatic rings. The Morgan fingerprint density at radius 1 is 1.14 bits per heavy atom. The van der Waals surface area contributed by atoms with Gasteiger partial charge in [0.05, 0.1) is 6.54 Å². The molecule has 3 N–H and O–H groups in total.